The summed E-state index contributed by atoms with van der Waals surface area (Å²) in [6.07, 6.45) is 2.71. The number of carbonyl (C=O) groups is 1. The van der Waals surface area contributed by atoms with Crippen LogP contribution in [0.25, 0.3) is 0 Å². The van der Waals surface area contributed by atoms with Gasteiger partial charge in [-0.25, -0.2) is 0 Å². The fourth-order valence-electron chi connectivity index (χ4n) is 2.55. The van der Waals surface area contributed by atoms with Crippen molar-refractivity contribution in [2.45, 2.75) is 37.8 Å². The molecule has 0 amide bonds. The summed E-state index contributed by atoms with van der Waals surface area (Å²) in [6, 6.07) is 12.5. The Labute approximate surface area is 128 Å². The molecule has 1 aromatic heterocycles. The largest absolute Gasteiger partial charge is 0.481 e. The lowest BCUT2D eigenvalue weighted by molar-refractivity contribution is -0.137. The van der Waals surface area contributed by atoms with Crippen molar-refractivity contribution in [1.82, 2.24) is 5.32 Å². The van der Waals surface area contributed by atoms with Crippen LogP contribution in [0.15, 0.2) is 41.8 Å². The Morgan fingerprint density at radius 2 is 2.19 bits per heavy atom. The zero-order valence-corrected chi connectivity index (χ0v) is 12.6. The molecule has 1 heterocycles. The Morgan fingerprint density at radius 1 is 1.33 bits per heavy atom. The Bertz CT molecular complexity index is 605. The Kier molecular flexibility index (Phi) is 4.36. The van der Waals surface area contributed by atoms with E-state index in [1.807, 2.05) is 17.5 Å². The summed E-state index contributed by atoms with van der Waals surface area (Å²) in [7, 11) is 0. The molecule has 110 valence electrons. The lowest BCUT2D eigenvalue weighted by Gasteiger charge is -2.16. The predicted octanol–water partition coefficient (Wildman–Crippen LogP) is 3.93. The van der Waals surface area contributed by atoms with Crippen LogP contribution in [-0.2, 0) is 11.3 Å². The molecule has 2 aromatic rings. The topological polar surface area (TPSA) is 49.3 Å². The quantitative estimate of drug-likeness (QED) is 0.814. The van der Waals surface area contributed by atoms with Crippen LogP contribution in [0.1, 0.15) is 47.2 Å². The zero-order chi connectivity index (χ0) is 14.7. The van der Waals surface area contributed by atoms with Crippen molar-refractivity contribution < 1.29 is 9.90 Å². The highest BCUT2D eigenvalue weighted by Gasteiger charge is 2.23. The minimum atomic E-state index is -0.771. The van der Waals surface area contributed by atoms with E-state index in [0.29, 0.717) is 6.54 Å². The normalized spacial score (nSPS) is 15.8. The number of aliphatic carboxylic acids is 1. The highest BCUT2D eigenvalue weighted by Crippen LogP contribution is 2.40. The second-order valence-corrected chi connectivity index (χ2v) is 6.55. The molecule has 0 bridgehead atoms. The molecule has 1 saturated carbocycles. The van der Waals surface area contributed by atoms with E-state index < -0.39 is 5.97 Å². The highest BCUT2D eigenvalue weighted by molar-refractivity contribution is 7.10. The van der Waals surface area contributed by atoms with Gasteiger partial charge in [-0.3, -0.25) is 4.79 Å². The van der Waals surface area contributed by atoms with Gasteiger partial charge in [0.15, 0.2) is 0 Å². The van der Waals surface area contributed by atoms with Crippen LogP contribution in [0.2, 0.25) is 0 Å². The first-order chi connectivity index (χ1) is 10.2. The Hall–Kier alpha value is -1.65. The molecule has 0 aliphatic heterocycles. The van der Waals surface area contributed by atoms with E-state index >= 15 is 0 Å². The third kappa shape index (κ3) is 3.93. The SMILES string of the molecule is O=C(O)CC(NCc1cccc(C2CC2)c1)c1cccs1. The molecular weight excluding hydrogens is 282 g/mol. The molecule has 0 radical (unpaired) electrons. The van der Waals surface area contributed by atoms with Crippen molar-refractivity contribution in [2.75, 3.05) is 0 Å². The molecule has 1 aliphatic rings. The maximum atomic E-state index is 11.0. The van der Waals surface area contributed by atoms with Gasteiger partial charge in [0.2, 0.25) is 0 Å². The molecule has 0 spiro atoms. The molecule has 1 aliphatic carbocycles. The molecule has 3 rings (SSSR count). The predicted molar refractivity (Wildman–Crippen MR) is 84.6 cm³/mol. The first-order valence-electron chi connectivity index (χ1n) is 7.30. The van der Waals surface area contributed by atoms with Gasteiger partial charge >= 0.3 is 5.97 Å². The first-order valence-corrected chi connectivity index (χ1v) is 8.18. The minimum absolute atomic E-state index is 0.114. The van der Waals surface area contributed by atoms with Crippen LogP contribution in [0.5, 0.6) is 0 Å². The second-order valence-electron chi connectivity index (χ2n) is 5.57. The van der Waals surface area contributed by atoms with Gasteiger partial charge < -0.3 is 10.4 Å². The number of hydrogen-bond acceptors (Lipinski definition) is 3. The number of rotatable bonds is 7. The Balaban J connectivity index is 1.66. The molecule has 4 heteroatoms. The number of hydrogen-bond donors (Lipinski definition) is 2. The van der Waals surface area contributed by atoms with Crippen molar-refractivity contribution in [2.24, 2.45) is 0 Å². The maximum Gasteiger partial charge on any atom is 0.305 e. The number of benzene rings is 1. The van der Waals surface area contributed by atoms with Gasteiger partial charge in [-0.1, -0.05) is 30.3 Å². The number of nitrogens with one attached hydrogen (secondary N) is 1. The lowest BCUT2D eigenvalue weighted by Crippen LogP contribution is -2.22. The molecule has 1 atom stereocenters. The van der Waals surface area contributed by atoms with Crippen LogP contribution in [0.4, 0.5) is 0 Å². The van der Waals surface area contributed by atoms with Crippen molar-refractivity contribution in [3.63, 3.8) is 0 Å². The molecule has 0 saturated heterocycles. The fourth-order valence-corrected chi connectivity index (χ4v) is 3.35. The smallest absolute Gasteiger partial charge is 0.305 e. The van der Waals surface area contributed by atoms with Crippen molar-refractivity contribution in [3.05, 3.63) is 57.8 Å². The van der Waals surface area contributed by atoms with E-state index in [4.69, 9.17) is 5.11 Å². The van der Waals surface area contributed by atoms with Crippen molar-refractivity contribution in [1.29, 1.82) is 0 Å². The van der Waals surface area contributed by atoms with Gasteiger partial charge in [0.05, 0.1) is 12.5 Å². The standard InChI is InChI=1S/C17H19NO2S/c19-17(20)10-15(16-5-2-8-21-16)18-11-12-3-1-4-14(9-12)13-6-7-13/h1-5,8-9,13,15,18H,6-7,10-11H2,(H,19,20). The van der Waals surface area contributed by atoms with Gasteiger partial charge in [0, 0.05) is 11.4 Å². The monoisotopic (exact) mass is 301 g/mol. The molecule has 3 nitrogen and oxygen atoms in total. The number of carboxylic acid groups (broad SMARTS) is 1. The Morgan fingerprint density at radius 3 is 2.86 bits per heavy atom. The van der Waals surface area contributed by atoms with Gasteiger partial charge in [-0.2, -0.15) is 0 Å². The van der Waals surface area contributed by atoms with Crippen LogP contribution in [-0.4, -0.2) is 11.1 Å². The lowest BCUT2D eigenvalue weighted by atomic mass is 10.1. The number of carboxylic acids is 1. The summed E-state index contributed by atoms with van der Waals surface area (Å²) in [5, 5.41) is 14.4. The average Bonchev–Trinajstić information content (AvgIpc) is 3.19. The maximum absolute atomic E-state index is 11.0. The summed E-state index contributed by atoms with van der Waals surface area (Å²) in [5.41, 5.74) is 2.64. The summed E-state index contributed by atoms with van der Waals surface area (Å²) in [4.78, 5) is 12.1. The molecule has 1 aromatic carbocycles. The van der Waals surface area contributed by atoms with E-state index in [1.54, 1.807) is 11.3 Å². The molecule has 1 unspecified atom stereocenters. The zero-order valence-electron chi connectivity index (χ0n) is 11.8. The van der Waals surface area contributed by atoms with Crippen molar-refractivity contribution >= 4 is 17.3 Å². The van der Waals surface area contributed by atoms with Gasteiger partial charge in [-0.15, -0.1) is 11.3 Å². The van der Waals surface area contributed by atoms with Crippen molar-refractivity contribution in [3.8, 4) is 0 Å². The molecule has 1 fully saturated rings. The van der Waals surface area contributed by atoms with E-state index in [-0.39, 0.29) is 12.5 Å². The summed E-state index contributed by atoms with van der Waals surface area (Å²) in [5.74, 6) is -0.0234. The van der Waals surface area contributed by atoms with E-state index in [9.17, 15) is 4.79 Å². The summed E-state index contributed by atoms with van der Waals surface area (Å²) in [6.45, 7) is 0.705. The van der Waals surface area contributed by atoms with Crippen LogP contribution in [0.3, 0.4) is 0 Å². The fraction of sp³-hybridized carbons (Fsp3) is 0.353. The van der Waals surface area contributed by atoms with Crippen LogP contribution >= 0.6 is 11.3 Å². The molecule has 21 heavy (non-hydrogen) atoms. The van der Waals surface area contributed by atoms with E-state index in [0.717, 1.165) is 10.8 Å². The molecular formula is C17H19NO2S. The van der Waals surface area contributed by atoms with Gasteiger partial charge in [0.25, 0.3) is 0 Å². The van der Waals surface area contributed by atoms with Crippen LogP contribution < -0.4 is 5.32 Å². The third-order valence-corrected chi connectivity index (χ3v) is 4.80. The first kappa shape index (κ1) is 14.3. The highest BCUT2D eigenvalue weighted by atomic mass is 32.1. The number of thiophene rings is 1. The van der Waals surface area contributed by atoms with E-state index in [1.165, 1.54) is 24.0 Å². The van der Waals surface area contributed by atoms with Crippen LogP contribution in [0, 0.1) is 0 Å². The minimum Gasteiger partial charge on any atom is -0.481 e. The molecule has 2 N–H and O–H groups in total. The average molecular weight is 301 g/mol. The summed E-state index contributed by atoms with van der Waals surface area (Å²) >= 11 is 1.60. The third-order valence-electron chi connectivity index (χ3n) is 3.82. The van der Waals surface area contributed by atoms with Gasteiger partial charge in [-0.05, 0) is 41.3 Å². The second kappa shape index (κ2) is 6.41. The van der Waals surface area contributed by atoms with E-state index in [2.05, 4.69) is 29.6 Å². The van der Waals surface area contributed by atoms with Gasteiger partial charge in [0.1, 0.15) is 0 Å². The summed E-state index contributed by atoms with van der Waals surface area (Å²) < 4.78 is 0.